The highest BCUT2D eigenvalue weighted by Gasteiger charge is 2.61. The summed E-state index contributed by atoms with van der Waals surface area (Å²) in [6.07, 6.45) is 1.89. The first-order chi connectivity index (χ1) is 21.7. The Hall–Kier alpha value is -3.95. The number of aromatic nitrogens is 1. The largest absolute Gasteiger partial charge is 0.450 e. The Balaban J connectivity index is 1.19. The van der Waals surface area contributed by atoms with E-state index in [2.05, 4.69) is 15.9 Å². The van der Waals surface area contributed by atoms with Crippen LogP contribution < -0.4 is 4.90 Å². The molecule has 0 spiro atoms. The van der Waals surface area contributed by atoms with Crippen molar-refractivity contribution in [3.63, 3.8) is 0 Å². The molecule has 228 valence electrons. The molecule has 1 saturated heterocycles. The highest BCUT2D eigenvalue weighted by atomic mass is 79.9. The number of imide groups is 1. The van der Waals surface area contributed by atoms with Crippen LogP contribution in [0.1, 0.15) is 46.4 Å². The Morgan fingerprint density at radius 1 is 0.956 bits per heavy atom. The zero-order valence-corrected chi connectivity index (χ0v) is 26.3. The Bertz CT molecular complexity index is 1840. The van der Waals surface area contributed by atoms with Crippen molar-refractivity contribution in [3.8, 4) is 11.3 Å². The lowest BCUT2D eigenvalue weighted by Crippen LogP contribution is -2.32. The van der Waals surface area contributed by atoms with Crippen molar-refractivity contribution in [2.24, 2.45) is 23.7 Å². The first-order valence-electron chi connectivity index (χ1n) is 14.9. The molecule has 7 rings (SSSR count). The van der Waals surface area contributed by atoms with Crippen LogP contribution in [0.3, 0.4) is 0 Å². The maximum atomic E-state index is 13.7. The normalized spacial score (nSPS) is 22.6. The average Bonchev–Trinajstić information content (AvgIpc) is 3.73. The van der Waals surface area contributed by atoms with Gasteiger partial charge in [-0.1, -0.05) is 28.1 Å². The lowest BCUT2D eigenvalue weighted by molar-refractivity contribution is -0.123. The Kier molecular flexibility index (Phi) is 7.78. The molecule has 2 saturated carbocycles. The number of benzene rings is 3. The lowest BCUT2D eigenvalue weighted by Gasteiger charge is -2.19. The molecule has 1 aromatic heterocycles. The Labute approximate surface area is 271 Å². The summed E-state index contributed by atoms with van der Waals surface area (Å²) in [5.74, 6) is -1.66. The number of rotatable bonds is 8. The number of ketones is 1. The van der Waals surface area contributed by atoms with Crippen LogP contribution >= 0.6 is 27.5 Å². The second-order valence-corrected chi connectivity index (χ2v) is 13.2. The van der Waals surface area contributed by atoms with Gasteiger partial charge in [0.15, 0.2) is 6.10 Å². The number of Topliss-reactive ketones (excluding diaryl/α,β-unsaturated/α-hetero) is 1. The third-order valence-corrected chi connectivity index (χ3v) is 10.1. The van der Waals surface area contributed by atoms with Gasteiger partial charge in [-0.25, -0.2) is 14.2 Å². The summed E-state index contributed by atoms with van der Waals surface area (Å²) in [6.45, 7) is 0. The molecule has 4 aromatic rings. The molecule has 2 aliphatic carbocycles. The summed E-state index contributed by atoms with van der Waals surface area (Å²) in [5, 5.41) is 0.517. The number of carbonyl (C=O) groups excluding carboxylic acids is 4. The Morgan fingerprint density at radius 3 is 2.27 bits per heavy atom. The molecule has 45 heavy (non-hydrogen) atoms. The number of pyridine rings is 1. The maximum absolute atomic E-state index is 13.7. The molecule has 0 radical (unpaired) electrons. The minimum atomic E-state index is -1.18. The van der Waals surface area contributed by atoms with E-state index in [0.29, 0.717) is 39.7 Å². The van der Waals surface area contributed by atoms with Crippen molar-refractivity contribution in [2.75, 3.05) is 10.8 Å². The molecule has 2 amide bonds. The van der Waals surface area contributed by atoms with Gasteiger partial charge in [-0.3, -0.25) is 19.3 Å². The predicted molar refractivity (Wildman–Crippen MR) is 170 cm³/mol. The molecule has 0 N–H and O–H groups in total. The van der Waals surface area contributed by atoms with Crippen molar-refractivity contribution in [2.45, 2.75) is 31.8 Å². The van der Waals surface area contributed by atoms with Crippen molar-refractivity contribution < 1.29 is 28.3 Å². The van der Waals surface area contributed by atoms with Crippen LogP contribution in [0, 0.1) is 29.5 Å². The van der Waals surface area contributed by atoms with E-state index < -0.39 is 23.7 Å². The van der Waals surface area contributed by atoms with Crippen molar-refractivity contribution in [1.82, 2.24) is 4.98 Å². The molecule has 1 aliphatic heterocycles. The van der Waals surface area contributed by atoms with E-state index in [4.69, 9.17) is 21.3 Å². The fraction of sp³-hybridized carbons (Fsp3) is 0.286. The van der Waals surface area contributed by atoms with Gasteiger partial charge in [0, 0.05) is 33.3 Å². The van der Waals surface area contributed by atoms with Gasteiger partial charge in [-0.15, -0.1) is 11.6 Å². The zero-order valence-electron chi connectivity index (χ0n) is 23.9. The number of esters is 1. The monoisotopic (exact) mass is 688 g/mol. The highest BCUT2D eigenvalue weighted by molar-refractivity contribution is 9.10. The molecule has 3 fully saturated rings. The average molecular weight is 690 g/mol. The topological polar surface area (TPSA) is 93.6 Å². The number of alkyl halides is 1. The lowest BCUT2D eigenvalue weighted by atomic mass is 9.81. The molecule has 7 nitrogen and oxygen atoms in total. The predicted octanol–water partition coefficient (Wildman–Crippen LogP) is 7.38. The smallest absolute Gasteiger partial charge is 0.339 e. The van der Waals surface area contributed by atoms with E-state index in [1.165, 1.54) is 29.2 Å². The van der Waals surface area contributed by atoms with Crippen molar-refractivity contribution in [3.05, 3.63) is 94.2 Å². The van der Waals surface area contributed by atoms with Gasteiger partial charge in [-0.2, -0.15) is 0 Å². The second-order valence-electron chi connectivity index (χ2n) is 11.9. The van der Waals surface area contributed by atoms with E-state index >= 15 is 0 Å². The summed E-state index contributed by atoms with van der Waals surface area (Å²) in [4.78, 5) is 59.6. The summed E-state index contributed by atoms with van der Waals surface area (Å²) in [6, 6.07) is 19.0. The van der Waals surface area contributed by atoms with Crippen LogP contribution in [0.25, 0.3) is 22.2 Å². The Morgan fingerprint density at radius 2 is 1.62 bits per heavy atom. The minimum absolute atomic E-state index is 0.0654. The first kappa shape index (κ1) is 29.7. The number of halogens is 3. The summed E-state index contributed by atoms with van der Waals surface area (Å²) >= 11 is 9.41. The number of anilines is 1. The number of fused-ring (bicyclic) bond motifs is 6. The maximum Gasteiger partial charge on any atom is 0.339 e. The second kappa shape index (κ2) is 11.8. The fourth-order valence-corrected chi connectivity index (χ4v) is 7.85. The quantitative estimate of drug-likeness (QED) is 0.0830. The van der Waals surface area contributed by atoms with Crippen LogP contribution in [-0.2, 0) is 14.3 Å². The van der Waals surface area contributed by atoms with Crippen molar-refractivity contribution in [1.29, 1.82) is 0 Å². The molecular weight excluding hydrogens is 663 g/mol. The van der Waals surface area contributed by atoms with Crippen molar-refractivity contribution >= 4 is 67.7 Å². The SMILES string of the molecule is O=C(O[C@H](CCCl)C(=O)c1ccc(F)cc1)c1cc(-c2ccc(N3C(=O)[C@@H]4[C@H]5CC[C@@H](C5)[C@H]4C3=O)cc2)nc2ccc(Br)cc12. The van der Waals surface area contributed by atoms with Gasteiger partial charge in [0.1, 0.15) is 5.82 Å². The fourth-order valence-electron chi connectivity index (χ4n) is 7.29. The van der Waals surface area contributed by atoms with Gasteiger partial charge >= 0.3 is 5.97 Å². The van der Waals surface area contributed by atoms with E-state index in [1.54, 1.807) is 48.5 Å². The van der Waals surface area contributed by atoms with Gasteiger partial charge in [-0.05, 0) is 91.8 Å². The van der Waals surface area contributed by atoms with Gasteiger partial charge in [0.25, 0.3) is 0 Å². The van der Waals surface area contributed by atoms with E-state index in [-0.39, 0.29) is 47.1 Å². The van der Waals surface area contributed by atoms with Crippen LogP contribution in [0.2, 0.25) is 0 Å². The van der Waals surface area contributed by atoms with Crippen LogP contribution in [0.4, 0.5) is 10.1 Å². The first-order valence-corrected chi connectivity index (χ1v) is 16.2. The van der Waals surface area contributed by atoms with Gasteiger partial charge in [0.05, 0.1) is 34.3 Å². The van der Waals surface area contributed by atoms with Crippen LogP contribution in [0.15, 0.2) is 77.3 Å². The number of carbonyl (C=O) groups is 4. The van der Waals surface area contributed by atoms with E-state index in [0.717, 1.165) is 23.7 Å². The molecule has 10 heteroatoms. The van der Waals surface area contributed by atoms with Gasteiger partial charge < -0.3 is 4.74 Å². The molecule has 2 bridgehead atoms. The van der Waals surface area contributed by atoms with Gasteiger partial charge in [0.2, 0.25) is 17.6 Å². The summed E-state index contributed by atoms with van der Waals surface area (Å²) < 4.78 is 19.9. The standard InChI is InChI=1S/C35H27BrClFN2O5/c36-22-7-12-27-25(16-22)26(35(44)45-29(13-14-37)32(41)19-3-8-23(38)9-4-19)17-28(39-27)18-5-10-24(11-6-18)40-33(42)30-20-1-2-21(15-20)31(30)34(40)43/h3-12,16-17,20-21,29-31H,1-2,13-15H2/t20-,21-,29+,30+,31+/m0/s1. The molecule has 2 heterocycles. The van der Waals surface area contributed by atoms with E-state index in [1.807, 2.05) is 0 Å². The summed E-state index contributed by atoms with van der Waals surface area (Å²) in [5.41, 5.74) is 2.58. The van der Waals surface area contributed by atoms with Crippen LogP contribution in [-0.4, -0.2) is 40.5 Å². The number of hydrogen-bond acceptors (Lipinski definition) is 6. The number of hydrogen-bond donors (Lipinski definition) is 0. The molecule has 3 aromatic carbocycles. The number of nitrogens with zero attached hydrogens (tertiary/aromatic N) is 2. The van der Waals surface area contributed by atoms with Crippen LogP contribution in [0.5, 0.6) is 0 Å². The minimum Gasteiger partial charge on any atom is -0.450 e. The molecule has 5 atom stereocenters. The highest BCUT2D eigenvalue weighted by Crippen LogP contribution is 2.56. The molecular formula is C35H27BrClFN2O5. The number of amides is 2. The summed E-state index contributed by atoms with van der Waals surface area (Å²) in [7, 11) is 0. The molecule has 3 aliphatic rings. The zero-order chi connectivity index (χ0) is 31.4. The third-order valence-electron chi connectivity index (χ3n) is 9.38. The van der Waals surface area contributed by atoms with E-state index in [9.17, 15) is 23.6 Å². The number of ether oxygens (including phenoxy) is 1. The molecule has 0 unspecified atom stereocenters. The third kappa shape index (κ3) is 5.25.